The predicted molar refractivity (Wildman–Crippen MR) is 62.0 cm³/mol. The summed E-state index contributed by atoms with van der Waals surface area (Å²) in [5, 5.41) is 9.66. The second kappa shape index (κ2) is 4.49. The molecule has 80 valence electrons. The topological polar surface area (TPSA) is 23.5 Å². The Bertz CT molecular complexity index is 371. The van der Waals surface area contributed by atoms with Gasteiger partial charge in [-0.2, -0.15) is 0 Å². The molecule has 0 atom stereocenters. The van der Waals surface area contributed by atoms with E-state index >= 15 is 0 Å². The minimum absolute atomic E-state index is 0.414. The van der Waals surface area contributed by atoms with Crippen LogP contribution in [0.3, 0.4) is 0 Å². The first-order valence-corrected chi connectivity index (χ1v) is 5.39. The fraction of sp³-hybridized carbons (Fsp3) is 0.385. The third-order valence-electron chi connectivity index (χ3n) is 2.92. The Balaban J connectivity index is 2.06. The smallest absolute Gasteiger partial charge is 0.119 e. The number of para-hydroxylation sites is 1. The molecule has 1 heterocycles. The van der Waals surface area contributed by atoms with Gasteiger partial charge in [-0.1, -0.05) is 29.8 Å². The molecule has 0 saturated carbocycles. The first-order valence-electron chi connectivity index (χ1n) is 5.39. The summed E-state index contributed by atoms with van der Waals surface area (Å²) < 4.78 is 0. The first-order chi connectivity index (χ1) is 7.25. The Hall–Kier alpha value is -1.28. The molecule has 1 aliphatic heterocycles. The molecule has 0 radical (unpaired) electrons. The van der Waals surface area contributed by atoms with Crippen LogP contribution in [-0.2, 0) is 6.42 Å². The molecule has 0 aromatic heterocycles. The lowest BCUT2D eigenvalue weighted by atomic mass is 9.99. The van der Waals surface area contributed by atoms with Crippen LogP contribution in [0.1, 0.15) is 12.0 Å². The summed E-state index contributed by atoms with van der Waals surface area (Å²) in [6.45, 7) is 2.16. The van der Waals surface area contributed by atoms with Crippen molar-refractivity contribution in [3.8, 4) is 5.75 Å². The van der Waals surface area contributed by atoms with E-state index in [0.717, 1.165) is 31.5 Å². The zero-order valence-electron chi connectivity index (χ0n) is 9.11. The number of nitrogens with zero attached hydrogens (tertiary/aromatic N) is 1. The highest BCUT2D eigenvalue weighted by Gasteiger charge is 2.09. The summed E-state index contributed by atoms with van der Waals surface area (Å²) in [5.74, 6) is 0.414. The molecular weight excluding hydrogens is 186 g/mol. The number of hydrogen-bond acceptors (Lipinski definition) is 2. The maximum Gasteiger partial charge on any atom is 0.119 e. The van der Waals surface area contributed by atoms with Gasteiger partial charge in [0.15, 0.2) is 0 Å². The molecule has 15 heavy (non-hydrogen) atoms. The maximum atomic E-state index is 9.66. The third kappa shape index (κ3) is 2.60. The van der Waals surface area contributed by atoms with Gasteiger partial charge in [-0.15, -0.1) is 0 Å². The first kappa shape index (κ1) is 10.2. The van der Waals surface area contributed by atoms with Gasteiger partial charge in [0, 0.05) is 13.1 Å². The molecule has 0 amide bonds. The monoisotopic (exact) mass is 203 g/mol. The highest BCUT2D eigenvalue weighted by molar-refractivity contribution is 5.35. The van der Waals surface area contributed by atoms with E-state index in [0.29, 0.717) is 5.75 Å². The molecule has 1 aromatic rings. The van der Waals surface area contributed by atoms with Gasteiger partial charge in [0.25, 0.3) is 0 Å². The van der Waals surface area contributed by atoms with E-state index in [1.54, 1.807) is 6.07 Å². The fourth-order valence-electron chi connectivity index (χ4n) is 1.88. The molecule has 0 spiro atoms. The standard InChI is InChI=1S/C13H17NO/c1-14-8-6-11(7-9-14)10-12-4-2-3-5-13(12)15/h2-6,15H,7-10H2,1H3. The molecule has 1 aromatic carbocycles. The maximum absolute atomic E-state index is 9.66. The van der Waals surface area contributed by atoms with Crippen molar-refractivity contribution < 1.29 is 5.11 Å². The van der Waals surface area contributed by atoms with Gasteiger partial charge < -0.3 is 10.0 Å². The number of benzene rings is 1. The molecule has 2 nitrogen and oxygen atoms in total. The third-order valence-corrected chi connectivity index (χ3v) is 2.92. The summed E-state index contributed by atoms with van der Waals surface area (Å²) >= 11 is 0. The van der Waals surface area contributed by atoms with Crippen LogP contribution in [0, 0.1) is 0 Å². The lowest BCUT2D eigenvalue weighted by Crippen LogP contribution is -2.24. The van der Waals surface area contributed by atoms with Crippen LogP contribution in [-0.4, -0.2) is 30.1 Å². The van der Waals surface area contributed by atoms with Gasteiger partial charge in [0.05, 0.1) is 0 Å². The van der Waals surface area contributed by atoms with E-state index in [-0.39, 0.29) is 0 Å². The van der Waals surface area contributed by atoms with Crippen molar-refractivity contribution >= 4 is 0 Å². The normalized spacial score (nSPS) is 17.5. The van der Waals surface area contributed by atoms with Crippen molar-refractivity contribution in [3.63, 3.8) is 0 Å². The number of aromatic hydroxyl groups is 1. The van der Waals surface area contributed by atoms with Gasteiger partial charge in [-0.25, -0.2) is 0 Å². The molecule has 0 bridgehead atoms. The van der Waals surface area contributed by atoms with Crippen LogP contribution in [0.15, 0.2) is 35.9 Å². The van der Waals surface area contributed by atoms with Gasteiger partial charge in [-0.05, 0) is 31.5 Å². The van der Waals surface area contributed by atoms with Crippen molar-refractivity contribution in [3.05, 3.63) is 41.5 Å². The van der Waals surface area contributed by atoms with Gasteiger partial charge in [0.1, 0.15) is 5.75 Å². The number of phenols is 1. The van der Waals surface area contributed by atoms with Crippen LogP contribution < -0.4 is 0 Å². The molecule has 2 heteroatoms. The summed E-state index contributed by atoms with van der Waals surface area (Å²) in [5.41, 5.74) is 2.47. The fourth-order valence-corrected chi connectivity index (χ4v) is 1.88. The van der Waals surface area contributed by atoms with Crippen LogP contribution in [0.5, 0.6) is 5.75 Å². The largest absolute Gasteiger partial charge is 0.508 e. The number of likely N-dealkylation sites (N-methyl/N-ethyl adjacent to an activating group) is 1. The van der Waals surface area contributed by atoms with Crippen LogP contribution in [0.2, 0.25) is 0 Å². The van der Waals surface area contributed by atoms with E-state index in [1.165, 1.54) is 5.57 Å². The van der Waals surface area contributed by atoms with E-state index in [9.17, 15) is 5.11 Å². The van der Waals surface area contributed by atoms with Crippen LogP contribution >= 0.6 is 0 Å². The lowest BCUT2D eigenvalue weighted by Gasteiger charge is -2.22. The summed E-state index contributed by atoms with van der Waals surface area (Å²) in [6.07, 6.45) is 4.28. The molecule has 2 rings (SSSR count). The predicted octanol–water partition coefficient (Wildman–Crippen LogP) is 2.20. The van der Waals surface area contributed by atoms with Gasteiger partial charge in [0.2, 0.25) is 0 Å². The SMILES string of the molecule is CN1CC=C(Cc2ccccc2O)CC1. The lowest BCUT2D eigenvalue weighted by molar-refractivity contribution is 0.357. The van der Waals surface area contributed by atoms with E-state index < -0.39 is 0 Å². The molecule has 1 N–H and O–H groups in total. The second-order valence-corrected chi connectivity index (χ2v) is 4.18. The quantitative estimate of drug-likeness (QED) is 0.745. The van der Waals surface area contributed by atoms with E-state index in [2.05, 4.69) is 18.0 Å². The number of hydrogen-bond donors (Lipinski definition) is 1. The minimum atomic E-state index is 0.414. The Morgan fingerprint density at radius 2 is 2.13 bits per heavy atom. The summed E-state index contributed by atoms with van der Waals surface area (Å²) in [7, 11) is 2.13. The van der Waals surface area contributed by atoms with Crippen molar-refractivity contribution in [1.29, 1.82) is 0 Å². The average Bonchev–Trinajstić information content (AvgIpc) is 2.25. The Kier molecular flexibility index (Phi) is 3.07. The molecular formula is C13H17NO. The van der Waals surface area contributed by atoms with Crippen molar-refractivity contribution in [2.45, 2.75) is 12.8 Å². The zero-order chi connectivity index (χ0) is 10.7. The number of rotatable bonds is 2. The van der Waals surface area contributed by atoms with Crippen molar-refractivity contribution in [1.82, 2.24) is 4.90 Å². The highest BCUT2D eigenvalue weighted by Crippen LogP contribution is 2.22. The summed E-state index contributed by atoms with van der Waals surface area (Å²) in [4.78, 5) is 2.30. The highest BCUT2D eigenvalue weighted by atomic mass is 16.3. The number of phenolic OH excluding ortho intramolecular Hbond substituents is 1. The van der Waals surface area contributed by atoms with Gasteiger partial charge in [-0.3, -0.25) is 0 Å². The molecule has 0 unspecified atom stereocenters. The Morgan fingerprint density at radius 1 is 1.33 bits per heavy atom. The Labute approximate surface area is 90.8 Å². The van der Waals surface area contributed by atoms with Crippen molar-refractivity contribution in [2.75, 3.05) is 20.1 Å². The van der Waals surface area contributed by atoms with Crippen molar-refractivity contribution in [2.24, 2.45) is 0 Å². The minimum Gasteiger partial charge on any atom is -0.508 e. The molecule has 0 fully saturated rings. The van der Waals surface area contributed by atoms with Gasteiger partial charge >= 0.3 is 0 Å². The molecule has 0 aliphatic carbocycles. The van der Waals surface area contributed by atoms with Crippen LogP contribution in [0.25, 0.3) is 0 Å². The molecule has 1 aliphatic rings. The zero-order valence-corrected chi connectivity index (χ0v) is 9.11. The Morgan fingerprint density at radius 3 is 2.80 bits per heavy atom. The van der Waals surface area contributed by atoms with E-state index in [1.807, 2.05) is 18.2 Å². The second-order valence-electron chi connectivity index (χ2n) is 4.18. The average molecular weight is 203 g/mol. The molecule has 0 saturated heterocycles. The summed E-state index contributed by atoms with van der Waals surface area (Å²) in [6, 6.07) is 7.59. The van der Waals surface area contributed by atoms with E-state index in [4.69, 9.17) is 0 Å². The van der Waals surface area contributed by atoms with Crippen LogP contribution in [0.4, 0.5) is 0 Å².